The molecule has 0 fully saturated rings. The summed E-state index contributed by atoms with van der Waals surface area (Å²) >= 11 is 0. The SMILES string of the molecule is COC(=O)[C@H](Cc1cccc(C#N)c1)[C@@H](C)NC(=O)c1ccc(-c2ccncc2)cc1. The quantitative estimate of drug-likeness (QED) is 0.595. The molecule has 6 nitrogen and oxygen atoms in total. The number of carbonyl (C=O) groups is 2. The van der Waals surface area contributed by atoms with Gasteiger partial charge in [-0.15, -0.1) is 0 Å². The van der Waals surface area contributed by atoms with Crippen LogP contribution in [0.15, 0.2) is 73.1 Å². The Labute approximate surface area is 181 Å². The molecule has 1 N–H and O–H groups in total. The van der Waals surface area contributed by atoms with Crippen molar-refractivity contribution in [2.75, 3.05) is 7.11 Å². The summed E-state index contributed by atoms with van der Waals surface area (Å²) in [6.07, 6.45) is 3.79. The first kappa shape index (κ1) is 21.7. The van der Waals surface area contributed by atoms with Crippen LogP contribution in [0, 0.1) is 17.2 Å². The first-order valence-corrected chi connectivity index (χ1v) is 9.90. The molecule has 0 aliphatic carbocycles. The molecule has 1 heterocycles. The van der Waals surface area contributed by atoms with E-state index in [2.05, 4.69) is 16.4 Å². The Morgan fingerprint density at radius 3 is 2.39 bits per heavy atom. The minimum Gasteiger partial charge on any atom is -0.469 e. The maximum absolute atomic E-state index is 12.8. The van der Waals surface area contributed by atoms with E-state index in [-0.39, 0.29) is 5.91 Å². The van der Waals surface area contributed by atoms with Crippen molar-refractivity contribution in [3.05, 3.63) is 89.7 Å². The molecular formula is C25H23N3O3. The average molecular weight is 413 g/mol. The van der Waals surface area contributed by atoms with Gasteiger partial charge in [-0.05, 0) is 66.4 Å². The van der Waals surface area contributed by atoms with Gasteiger partial charge < -0.3 is 10.1 Å². The van der Waals surface area contributed by atoms with Crippen LogP contribution in [0.2, 0.25) is 0 Å². The number of amides is 1. The summed E-state index contributed by atoms with van der Waals surface area (Å²) in [6, 6.07) is 19.8. The summed E-state index contributed by atoms with van der Waals surface area (Å²) in [7, 11) is 1.33. The molecule has 3 rings (SSSR count). The third-order valence-electron chi connectivity index (χ3n) is 5.14. The highest BCUT2D eigenvalue weighted by atomic mass is 16.5. The van der Waals surface area contributed by atoms with Crippen LogP contribution in [-0.4, -0.2) is 30.0 Å². The number of methoxy groups -OCH3 is 1. The van der Waals surface area contributed by atoms with E-state index in [0.717, 1.165) is 16.7 Å². The highest BCUT2D eigenvalue weighted by Crippen LogP contribution is 2.20. The van der Waals surface area contributed by atoms with E-state index < -0.39 is 17.9 Å². The third kappa shape index (κ3) is 5.55. The lowest BCUT2D eigenvalue weighted by molar-refractivity contribution is -0.146. The molecule has 0 unspecified atom stereocenters. The van der Waals surface area contributed by atoms with E-state index in [1.807, 2.05) is 30.3 Å². The lowest BCUT2D eigenvalue weighted by Gasteiger charge is -2.23. The van der Waals surface area contributed by atoms with Crippen molar-refractivity contribution in [3.63, 3.8) is 0 Å². The minimum atomic E-state index is -0.584. The largest absolute Gasteiger partial charge is 0.469 e. The van der Waals surface area contributed by atoms with Crippen molar-refractivity contribution in [3.8, 4) is 17.2 Å². The number of pyridine rings is 1. The molecule has 0 saturated carbocycles. The van der Waals surface area contributed by atoms with Crippen LogP contribution in [0.5, 0.6) is 0 Å². The van der Waals surface area contributed by atoms with Crippen LogP contribution in [-0.2, 0) is 16.0 Å². The van der Waals surface area contributed by atoms with Crippen molar-refractivity contribution in [1.82, 2.24) is 10.3 Å². The van der Waals surface area contributed by atoms with Gasteiger partial charge in [0.05, 0.1) is 24.7 Å². The summed E-state index contributed by atoms with van der Waals surface area (Å²) in [6.45, 7) is 1.78. The van der Waals surface area contributed by atoms with Crippen LogP contribution in [0.1, 0.15) is 28.4 Å². The smallest absolute Gasteiger partial charge is 0.311 e. The van der Waals surface area contributed by atoms with E-state index in [1.54, 1.807) is 49.6 Å². The Morgan fingerprint density at radius 2 is 1.74 bits per heavy atom. The first-order chi connectivity index (χ1) is 15.0. The third-order valence-corrected chi connectivity index (χ3v) is 5.14. The van der Waals surface area contributed by atoms with E-state index in [0.29, 0.717) is 17.5 Å². The number of carbonyl (C=O) groups excluding carboxylic acids is 2. The number of benzene rings is 2. The van der Waals surface area contributed by atoms with Crippen LogP contribution >= 0.6 is 0 Å². The molecule has 31 heavy (non-hydrogen) atoms. The Morgan fingerprint density at radius 1 is 1.06 bits per heavy atom. The molecule has 6 heteroatoms. The van der Waals surface area contributed by atoms with Gasteiger partial charge in [0.2, 0.25) is 0 Å². The molecule has 0 spiro atoms. The summed E-state index contributed by atoms with van der Waals surface area (Å²) in [5.74, 6) is -1.27. The Bertz CT molecular complexity index is 1090. The fourth-order valence-electron chi connectivity index (χ4n) is 3.39. The minimum absolute atomic E-state index is 0.270. The molecule has 1 aromatic heterocycles. The summed E-state index contributed by atoms with van der Waals surface area (Å²) in [4.78, 5) is 29.2. The second-order valence-corrected chi connectivity index (χ2v) is 7.22. The molecule has 0 saturated heterocycles. The maximum Gasteiger partial charge on any atom is 0.311 e. The number of hydrogen-bond acceptors (Lipinski definition) is 5. The Hall–Kier alpha value is -3.98. The molecule has 0 bridgehead atoms. The topological polar surface area (TPSA) is 92.1 Å². The maximum atomic E-state index is 12.8. The van der Waals surface area contributed by atoms with Crippen LogP contribution in [0.3, 0.4) is 0 Å². The zero-order valence-electron chi connectivity index (χ0n) is 17.4. The first-order valence-electron chi connectivity index (χ1n) is 9.90. The van der Waals surface area contributed by atoms with Gasteiger partial charge in [0.1, 0.15) is 0 Å². The predicted octanol–water partition coefficient (Wildman–Crippen LogP) is 3.77. The molecule has 156 valence electrons. The molecule has 0 radical (unpaired) electrons. The monoisotopic (exact) mass is 413 g/mol. The van der Waals surface area contributed by atoms with Crippen molar-refractivity contribution in [1.29, 1.82) is 5.26 Å². The fourth-order valence-corrected chi connectivity index (χ4v) is 3.39. The van der Waals surface area contributed by atoms with Gasteiger partial charge in [-0.25, -0.2) is 0 Å². The predicted molar refractivity (Wildman–Crippen MR) is 117 cm³/mol. The normalized spacial score (nSPS) is 12.3. The van der Waals surface area contributed by atoms with E-state index in [1.165, 1.54) is 7.11 Å². The molecule has 3 aromatic rings. The van der Waals surface area contributed by atoms with Gasteiger partial charge in [-0.2, -0.15) is 5.26 Å². The molecule has 1 amide bonds. The number of hydrogen-bond donors (Lipinski definition) is 1. The van der Waals surface area contributed by atoms with Gasteiger partial charge in [0.15, 0.2) is 0 Å². The van der Waals surface area contributed by atoms with Gasteiger partial charge >= 0.3 is 5.97 Å². The zero-order chi connectivity index (χ0) is 22.2. The van der Waals surface area contributed by atoms with Crippen molar-refractivity contribution < 1.29 is 14.3 Å². The van der Waals surface area contributed by atoms with Crippen molar-refractivity contribution >= 4 is 11.9 Å². The van der Waals surface area contributed by atoms with Gasteiger partial charge in [0, 0.05) is 24.0 Å². The summed E-state index contributed by atoms with van der Waals surface area (Å²) < 4.78 is 4.95. The summed E-state index contributed by atoms with van der Waals surface area (Å²) in [5, 5.41) is 12.0. The van der Waals surface area contributed by atoms with Crippen molar-refractivity contribution in [2.45, 2.75) is 19.4 Å². The number of nitrogens with zero attached hydrogens (tertiary/aromatic N) is 2. The Kier molecular flexibility index (Phi) is 7.13. The number of nitriles is 1. The number of esters is 1. The fraction of sp³-hybridized carbons (Fsp3) is 0.200. The number of nitrogens with one attached hydrogen (secondary N) is 1. The van der Waals surface area contributed by atoms with Crippen LogP contribution in [0.25, 0.3) is 11.1 Å². The molecule has 2 atom stereocenters. The van der Waals surface area contributed by atoms with Crippen LogP contribution in [0.4, 0.5) is 0 Å². The van der Waals surface area contributed by atoms with Gasteiger partial charge in [0.25, 0.3) is 5.91 Å². The average Bonchev–Trinajstić information content (AvgIpc) is 2.82. The van der Waals surface area contributed by atoms with E-state index >= 15 is 0 Å². The van der Waals surface area contributed by atoms with Crippen LogP contribution < -0.4 is 5.32 Å². The molecule has 0 aliphatic rings. The van der Waals surface area contributed by atoms with E-state index in [9.17, 15) is 9.59 Å². The lowest BCUT2D eigenvalue weighted by atomic mass is 9.92. The molecule has 2 aromatic carbocycles. The second-order valence-electron chi connectivity index (χ2n) is 7.22. The Balaban J connectivity index is 1.71. The highest BCUT2D eigenvalue weighted by molar-refractivity contribution is 5.95. The van der Waals surface area contributed by atoms with Gasteiger partial charge in [-0.1, -0.05) is 24.3 Å². The standard InChI is InChI=1S/C25H23N3O3/c1-17(23(25(30)31-2)15-18-4-3-5-19(14-18)16-26)28-24(29)22-8-6-20(7-9-22)21-10-12-27-13-11-21/h3-14,17,23H,15H2,1-2H3,(H,28,29)/t17-,23-/m1/s1. The van der Waals surface area contributed by atoms with Gasteiger partial charge in [-0.3, -0.25) is 14.6 Å². The molecule has 0 aliphatic heterocycles. The highest BCUT2D eigenvalue weighted by Gasteiger charge is 2.28. The number of aromatic nitrogens is 1. The molecular weight excluding hydrogens is 390 g/mol. The lowest BCUT2D eigenvalue weighted by Crippen LogP contribution is -2.42. The number of ether oxygens (including phenoxy) is 1. The van der Waals surface area contributed by atoms with Crippen molar-refractivity contribution in [2.24, 2.45) is 5.92 Å². The number of rotatable bonds is 7. The summed E-state index contributed by atoms with van der Waals surface area (Å²) in [5.41, 5.74) is 3.85. The zero-order valence-corrected chi connectivity index (χ0v) is 17.4. The van der Waals surface area contributed by atoms with E-state index in [4.69, 9.17) is 10.00 Å². The second kappa shape index (κ2) is 10.2.